The second-order valence-corrected chi connectivity index (χ2v) is 17.3. The molecule has 3 aromatic rings. The first kappa shape index (κ1) is 48.1. The van der Waals surface area contributed by atoms with Crippen LogP contribution in [-0.4, -0.2) is 121 Å². The maximum absolute atomic E-state index is 13.1. The summed E-state index contributed by atoms with van der Waals surface area (Å²) in [5, 5.41) is 11.8. The SMILES string of the molecule is CC(C(NS(=O)(=O)c1ccc(-c2ccc(S(=O)(=O)NCCCOCCOCCOCCCN(C=O)OCc3ccccc3)cc2)cc1)C(=O)O)N(C=O)OC(C)(C)C. The van der Waals surface area contributed by atoms with Gasteiger partial charge in [-0.1, -0.05) is 54.6 Å². The van der Waals surface area contributed by atoms with E-state index in [9.17, 15) is 36.3 Å². The van der Waals surface area contributed by atoms with E-state index in [1.165, 1.54) is 48.4 Å². The summed E-state index contributed by atoms with van der Waals surface area (Å²) in [4.78, 5) is 45.6. The van der Waals surface area contributed by atoms with Gasteiger partial charge in [0.05, 0.1) is 54.4 Å². The number of nitrogens with zero attached hydrogens (tertiary/aromatic N) is 2. The average molecular weight is 851 g/mol. The molecule has 0 aliphatic rings. The van der Waals surface area contributed by atoms with Gasteiger partial charge in [-0.3, -0.25) is 24.1 Å². The van der Waals surface area contributed by atoms with Gasteiger partial charge < -0.3 is 19.3 Å². The van der Waals surface area contributed by atoms with Gasteiger partial charge in [0.15, 0.2) is 0 Å². The summed E-state index contributed by atoms with van der Waals surface area (Å²) in [6, 6.07) is 18.3. The summed E-state index contributed by atoms with van der Waals surface area (Å²) in [7, 11) is -8.15. The Hall–Kier alpha value is -4.31. The summed E-state index contributed by atoms with van der Waals surface area (Å²) in [6.45, 7) is 9.38. The number of rotatable bonds is 29. The number of sulfonamides is 2. The molecule has 0 aliphatic carbocycles. The fraction of sp³-hybridized carbons (Fsp3) is 0.462. The van der Waals surface area contributed by atoms with E-state index in [1.54, 1.807) is 32.9 Å². The van der Waals surface area contributed by atoms with Crippen LogP contribution < -0.4 is 9.44 Å². The molecule has 0 aromatic heterocycles. The molecule has 0 heterocycles. The van der Waals surface area contributed by atoms with Gasteiger partial charge in [0, 0.05) is 19.8 Å². The lowest BCUT2D eigenvalue weighted by molar-refractivity contribution is -0.233. The molecule has 2 atom stereocenters. The van der Waals surface area contributed by atoms with Crippen molar-refractivity contribution < 1.29 is 60.2 Å². The molecule has 0 spiro atoms. The van der Waals surface area contributed by atoms with Crippen LogP contribution in [-0.2, 0) is 64.9 Å². The van der Waals surface area contributed by atoms with Crippen molar-refractivity contribution in [3.63, 3.8) is 0 Å². The van der Waals surface area contributed by atoms with Crippen molar-refractivity contribution in [3.05, 3.63) is 84.4 Å². The van der Waals surface area contributed by atoms with Gasteiger partial charge in [0.1, 0.15) is 12.6 Å². The predicted octanol–water partition coefficient (Wildman–Crippen LogP) is 3.36. The van der Waals surface area contributed by atoms with E-state index in [-0.39, 0.29) is 22.7 Å². The monoisotopic (exact) mass is 850 g/mol. The minimum Gasteiger partial charge on any atom is -0.480 e. The number of hydroxylamine groups is 4. The second-order valence-electron chi connectivity index (χ2n) is 13.8. The summed E-state index contributed by atoms with van der Waals surface area (Å²) >= 11 is 0. The molecule has 0 fully saturated rings. The van der Waals surface area contributed by atoms with E-state index in [0.717, 1.165) is 10.6 Å². The Bertz CT molecular complexity index is 1910. The summed E-state index contributed by atoms with van der Waals surface area (Å²) in [5.41, 5.74) is 1.32. The lowest BCUT2D eigenvalue weighted by Gasteiger charge is -2.33. The van der Waals surface area contributed by atoms with Crippen LogP contribution in [0.1, 0.15) is 46.1 Å². The van der Waals surface area contributed by atoms with Crippen LogP contribution in [0.5, 0.6) is 0 Å². The zero-order valence-corrected chi connectivity index (χ0v) is 34.8. The number of carboxylic acid groups (broad SMARTS) is 1. The maximum Gasteiger partial charge on any atom is 0.323 e. The Morgan fingerprint density at radius 2 is 1.26 bits per heavy atom. The molecule has 58 heavy (non-hydrogen) atoms. The maximum atomic E-state index is 13.1. The Balaban J connectivity index is 1.32. The fourth-order valence-corrected chi connectivity index (χ4v) is 7.45. The Morgan fingerprint density at radius 1 is 0.741 bits per heavy atom. The molecule has 0 radical (unpaired) electrons. The third-order valence-corrected chi connectivity index (χ3v) is 11.0. The highest BCUT2D eigenvalue weighted by Crippen LogP contribution is 2.24. The van der Waals surface area contributed by atoms with Gasteiger partial charge in [0.2, 0.25) is 32.9 Å². The van der Waals surface area contributed by atoms with Gasteiger partial charge in [0.25, 0.3) is 0 Å². The van der Waals surface area contributed by atoms with Crippen LogP contribution in [0.2, 0.25) is 0 Å². The summed E-state index contributed by atoms with van der Waals surface area (Å²) in [6.07, 6.45) is 1.98. The molecule has 0 aliphatic heterocycles. The molecule has 3 N–H and O–H groups in total. The molecular formula is C39H54N4O13S2. The molecule has 3 aromatic carbocycles. The first-order chi connectivity index (χ1) is 27.6. The molecule has 0 saturated heterocycles. The van der Waals surface area contributed by atoms with E-state index in [0.29, 0.717) is 83.2 Å². The highest BCUT2D eigenvalue weighted by molar-refractivity contribution is 7.89. The molecule has 0 bridgehead atoms. The molecule has 320 valence electrons. The highest BCUT2D eigenvalue weighted by atomic mass is 32.2. The minimum absolute atomic E-state index is 0.0438. The zero-order valence-electron chi connectivity index (χ0n) is 33.2. The molecule has 19 heteroatoms. The number of amides is 2. The zero-order chi connectivity index (χ0) is 42.6. The molecule has 2 unspecified atom stereocenters. The third kappa shape index (κ3) is 16.9. The number of carbonyl (C=O) groups excluding carboxylic acids is 2. The molecule has 0 saturated carbocycles. The number of hydrogen-bond acceptors (Lipinski definition) is 12. The molecule has 2 amide bonds. The number of carboxylic acids is 1. The van der Waals surface area contributed by atoms with E-state index >= 15 is 0 Å². The summed E-state index contributed by atoms with van der Waals surface area (Å²) < 4.78 is 73.1. The number of carbonyl (C=O) groups is 3. The second kappa shape index (κ2) is 23.9. The number of benzene rings is 3. The minimum atomic E-state index is -4.34. The van der Waals surface area contributed by atoms with Crippen LogP contribution in [0.3, 0.4) is 0 Å². The van der Waals surface area contributed by atoms with Gasteiger partial charge in [-0.15, -0.1) is 0 Å². The molecular weight excluding hydrogens is 797 g/mol. The van der Waals surface area contributed by atoms with Crippen molar-refractivity contribution in [2.75, 3.05) is 52.7 Å². The van der Waals surface area contributed by atoms with Crippen molar-refractivity contribution >= 4 is 38.8 Å². The van der Waals surface area contributed by atoms with Crippen molar-refractivity contribution in [1.29, 1.82) is 0 Å². The van der Waals surface area contributed by atoms with Gasteiger partial charge in [-0.25, -0.2) is 31.7 Å². The van der Waals surface area contributed by atoms with E-state index < -0.39 is 43.7 Å². The largest absolute Gasteiger partial charge is 0.480 e. The Labute approximate surface area is 340 Å². The number of nitrogens with one attached hydrogen (secondary N) is 2. The smallest absolute Gasteiger partial charge is 0.323 e. The van der Waals surface area contributed by atoms with Gasteiger partial charge in [-0.2, -0.15) is 4.72 Å². The van der Waals surface area contributed by atoms with Crippen LogP contribution in [0.4, 0.5) is 0 Å². The normalized spacial score (nSPS) is 13.1. The lowest BCUT2D eigenvalue weighted by Crippen LogP contribution is -2.55. The quantitative estimate of drug-likeness (QED) is 0.0520. The van der Waals surface area contributed by atoms with Crippen LogP contribution >= 0.6 is 0 Å². The predicted molar refractivity (Wildman–Crippen MR) is 213 cm³/mol. The van der Waals surface area contributed by atoms with Crippen molar-refractivity contribution in [2.24, 2.45) is 0 Å². The van der Waals surface area contributed by atoms with E-state index in [1.807, 2.05) is 30.3 Å². The standard InChI is InChI=1S/C39H54N4O13S2/c1-31(43(30-45)56-39(2,3)4)37(38(46)47)41-58(50,51)36-18-14-34(15-19-36)33-12-16-35(17-13-33)57(48,49)40-20-8-22-52-24-26-54-27-25-53-23-9-21-42(29-44)55-28-32-10-6-5-7-11-32/h5-7,10-19,29-31,37,40-41H,8-9,20-28H2,1-4H3,(H,46,47). The van der Waals surface area contributed by atoms with E-state index in [2.05, 4.69) is 9.44 Å². The van der Waals surface area contributed by atoms with Crippen molar-refractivity contribution in [2.45, 2.75) is 74.6 Å². The van der Waals surface area contributed by atoms with Gasteiger partial charge >= 0.3 is 5.97 Å². The van der Waals surface area contributed by atoms with Crippen molar-refractivity contribution in [3.8, 4) is 11.1 Å². The van der Waals surface area contributed by atoms with Crippen molar-refractivity contribution in [1.82, 2.24) is 19.6 Å². The lowest BCUT2D eigenvalue weighted by atomic mass is 10.1. The Kier molecular flexibility index (Phi) is 19.8. The van der Waals surface area contributed by atoms with Crippen LogP contribution in [0.25, 0.3) is 11.1 Å². The fourth-order valence-electron chi connectivity index (χ4n) is 5.12. The van der Waals surface area contributed by atoms with Crippen LogP contribution in [0.15, 0.2) is 88.7 Å². The highest BCUT2D eigenvalue weighted by Gasteiger charge is 2.35. The number of ether oxygens (including phenoxy) is 3. The third-order valence-electron chi connectivity index (χ3n) is 8.10. The topological polar surface area (TPSA) is 216 Å². The summed E-state index contributed by atoms with van der Waals surface area (Å²) in [5.74, 6) is -1.50. The molecule has 17 nitrogen and oxygen atoms in total. The number of aliphatic carboxylic acids is 1. The van der Waals surface area contributed by atoms with E-state index in [4.69, 9.17) is 23.9 Å². The van der Waals surface area contributed by atoms with Gasteiger partial charge in [-0.05, 0) is 81.5 Å². The Morgan fingerprint density at radius 3 is 1.76 bits per heavy atom. The molecule has 3 rings (SSSR count). The first-order valence-electron chi connectivity index (χ1n) is 18.6. The van der Waals surface area contributed by atoms with Crippen LogP contribution in [0, 0.1) is 0 Å². The average Bonchev–Trinajstić information content (AvgIpc) is 3.20. The first-order valence-corrected chi connectivity index (χ1v) is 21.5. The number of hydrogen-bond donors (Lipinski definition) is 3.